The largest absolute Gasteiger partial charge is 0.508 e. The zero-order valence-electron chi connectivity index (χ0n) is 18.0. The van der Waals surface area contributed by atoms with Crippen LogP contribution in [0.25, 0.3) is 0 Å². The van der Waals surface area contributed by atoms with Gasteiger partial charge in [0.25, 0.3) is 0 Å². The van der Waals surface area contributed by atoms with E-state index in [1.165, 1.54) is 11.1 Å². The van der Waals surface area contributed by atoms with Gasteiger partial charge in [-0.3, -0.25) is 0 Å². The lowest BCUT2D eigenvalue weighted by Gasteiger charge is -2.61. The highest BCUT2D eigenvalue weighted by Crippen LogP contribution is 2.72. The number of hydrogen-bond donors (Lipinski definition) is 2. The number of rotatable bonds is 0. The maximum absolute atomic E-state index is 11.4. The van der Waals surface area contributed by atoms with Crippen LogP contribution in [-0.2, 0) is 21.5 Å². The van der Waals surface area contributed by atoms with E-state index in [2.05, 4.69) is 40.7 Å². The quantitative estimate of drug-likeness (QED) is 0.693. The van der Waals surface area contributed by atoms with Gasteiger partial charge in [0.2, 0.25) is 0 Å². The van der Waals surface area contributed by atoms with Crippen LogP contribution in [0, 0.1) is 30.1 Å². The maximum Gasteiger partial charge on any atom is 0.199 e. The Hall–Kier alpha value is -1.10. The van der Waals surface area contributed by atoms with Crippen LogP contribution < -0.4 is 0 Å². The molecule has 1 spiro atoms. The summed E-state index contributed by atoms with van der Waals surface area (Å²) in [5.41, 5.74) is 2.53. The van der Waals surface area contributed by atoms with Gasteiger partial charge in [0.15, 0.2) is 5.79 Å². The molecule has 7 atom stereocenters. The van der Waals surface area contributed by atoms with Gasteiger partial charge in [0, 0.05) is 17.3 Å². The van der Waals surface area contributed by atoms with Crippen LogP contribution in [0.5, 0.6) is 5.75 Å². The third kappa shape index (κ3) is 1.88. The number of aromatic hydroxyl groups is 1. The highest BCUT2D eigenvalue weighted by atomic mass is 16.7. The minimum atomic E-state index is -0.968. The fourth-order valence-electron chi connectivity index (χ4n) is 7.33. The first kappa shape index (κ1) is 18.9. The second-order valence-corrected chi connectivity index (χ2v) is 10.7. The molecule has 1 saturated carbocycles. The van der Waals surface area contributed by atoms with Crippen molar-refractivity contribution in [2.75, 3.05) is 0 Å². The molecule has 2 aliphatic carbocycles. The molecule has 0 amide bonds. The van der Waals surface area contributed by atoms with Crippen LogP contribution in [0.2, 0.25) is 0 Å². The summed E-state index contributed by atoms with van der Waals surface area (Å²) in [4.78, 5) is 0. The molecule has 2 N–H and O–H groups in total. The van der Waals surface area contributed by atoms with Crippen LogP contribution in [-0.4, -0.2) is 27.7 Å². The van der Waals surface area contributed by atoms with Gasteiger partial charge in [0.05, 0.1) is 5.60 Å². The maximum atomic E-state index is 11.4. The lowest BCUT2D eigenvalue weighted by molar-refractivity contribution is -0.391. The number of benzene rings is 1. The van der Waals surface area contributed by atoms with Gasteiger partial charge in [-0.1, -0.05) is 26.8 Å². The molecular formula is C24H34O4. The van der Waals surface area contributed by atoms with E-state index in [9.17, 15) is 10.2 Å². The van der Waals surface area contributed by atoms with Crippen LogP contribution >= 0.6 is 0 Å². The summed E-state index contributed by atoms with van der Waals surface area (Å²) < 4.78 is 13.7. The monoisotopic (exact) mass is 386 g/mol. The fourth-order valence-corrected chi connectivity index (χ4v) is 7.33. The molecule has 2 saturated heterocycles. The minimum Gasteiger partial charge on any atom is -0.508 e. The summed E-state index contributed by atoms with van der Waals surface area (Å²) >= 11 is 0. The zero-order valence-corrected chi connectivity index (χ0v) is 18.0. The van der Waals surface area contributed by atoms with Gasteiger partial charge in [-0.05, 0) is 75.1 Å². The normalized spacial score (nSPS) is 48.5. The van der Waals surface area contributed by atoms with Gasteiger partial charge in [-0.25, -0.2) is 0 Å². The first-order valence-electron chi connectivity index (χ1n) is 10.9. The van der Waals surface area contributed by atoms with Crippen LogP contribution in [0.4, 0.5) is 0 Å². The van der Waals surface area contributed by atoms with Crippen molar-refractivity contribution < 1.29 is 19.7 Å². The summed E-state index contributed by atoms with van der Waals surface area (Å²) in [5, 5.41) is 21.7. The summed E-state index contributed by atoms with van der Waals surface area (Å²) in [6.45, 7) is 12.8. The molecule has 28 heavy (non-hydrogen) atoms. The average molecular weight is 387 g/mol. The van der Waals surface area contributed by atoms with Crippen LogP contribution in [0.1, 0.15) is 70.6 Å². The van der Waals surface area contributed by atoms with Gasteiger partial charge < -0.3 is 19.7 Å². The molecule has 0 aromatic heterocycles. The number of hydrogen-bond acceptors (Lipinski definition) is 4. The molecule has 1 aromatic rings. The number of phenols is 1. The number of aliphatic hydroxyl groups excluding tert-OH is 1. The van der Waals surface area contributed by atoms with Crippen molar-refractivity contribution in [2.45, 2.75) is 90.3 Å². The van der Waals surface area contributed by atoms with Crippen molar-refractivity contribution in [3.05, 3.63) is 28.8 Å². The van der Waals surface area contributed by atoms with E-state index in [1.54, 1.807) is 0 Å². The molecular weight excluding hydrogens is 352 g/mol. The summed E-state index contributed by atoms with van der Waals surface area (Å²) in [5.74, 6) is -0.0329. The van der Waals surface area contributed by atoms with Gasteiger partial charge in [-0.2, -0.15) is 0 Å². The first-order valence-corrected chi connectivity index (χ1v) is 10.9. The Labute approximate surface area is 168 Å². The molecule has 4 aliphatic rings. The topological polar surface area (TPSA) is 58.9 Å². The molecule has 1 aromatic carbocycles. The minimum absolute atomic E-state index is 0.000258. The van der Waals surface area contributed by atoms with Crippen molar-refractivity contribution in [3.8, 4) is 5.75 Å². The molecule has 3 fully saturated rings. The standard InChI is InChI=1S/C24H34O4/c1-13-16-9-11-22(6)17-10-12-23(22,18(16)7-8-19(13)25)28-24(14(17)2)20(26)15(3)21(4,5)27-24/h7-8,14-15,17,20,25-26H,9-12H2,1-6H3. The molecule has 4 heteroatoms. The Morgan fingerprint density at radius 3 is 2.39 bits per heavy atom. The van der Waals surface area contributed by atoms with Crippen LogP contribution in [0.15, 0.2) is 12.1 Å². The molecule has 2 aliphatic heterocycles. The zero-order chi connectivity index (χ0) is 20.3. The molecule has 154 valence electrons. The van der Waals surface area contributed by atoms with Crippen molar-refractivity contribution in [1.82, 2.24) is 0 Å². The van der Waals surface area contributed by atoms with E-state index >= 15 is 0 Å². The molecule has 2 bridgehead atoms. The highest BCUT2D eigenvalue weighted by molar-refractivity contribution is 5.50. The third-order valence-electron chi connectivity index (χ3n) is 9.42. The highest BCUT2D eigenvalue weighted by Gasteiger charge is 2.75. The van der Waals surface area contributed by atoms with E-state index in [0.29, 0.717) is 11.7 Å². The second-order valence-electron chi connectivity index (χ2n) is 10.7. The SMILES string of the molecule is Cc1c(O)ccc2c1CCC1(C)C3CCC21OC1(OC(C)(C)C(C)C1O)C3C. The van der Waals surface area contributed by atoms with Gasteiger partial charge in [0.1, 0.15) is 17.5 Å². The lowest BCUT2D eigenvalue weighted by Crippen LogP contribution is -2.65. The number of ether oxygens (including phenoxy) is 2. The Morgan fingerprint density at radius 1 is 1.04 bits per heavy atom. The summed E-state index contributed by atoms with van der Waals surface area (Å²) in [7, 11) is 0. The average Bonchev–Trinajstić information content (AvgIpc) is 2.96. The molecule has 4 nitrogen and oxygen atoms in total. The Balaban J connectivity index is 1.72. The Morgan fingerprint density at radius 2 is 1.75 bits per heavy atom. The van der Waals surface area contributed by atoms with Crippen molar-refractivity contribution in [3.63, 3.8) is 0 Å². The number of fused-ring (bicyclic) bond motifs is 1. The number of aliphatic hydroxyl groups is 1. The van der Waals surface area contributed by atoms with E-state index < -0.39 is 23.1 Å². The van der Waals surface area contributed by atoms with Gasteiger partial charge in [-0.15, -0.1) is 0 Å². The van der Waals surface area contributed by atoms with E-state index in [4.69, 9.17) is 9.47 Å². The summed E-state index contributed by atoms with van der Waals surface area (Å²) in [6.07, 6.45) is 3.40. The molecule has 0 radical (unpaired) electrons. The first-order chi connectivity index (χ1) is 13.0. The predicted molar refractivity (Wildman–Crippen MR) is 107 cm³/mol. The van der Waals surface area contributed by atoms with E-state index in [0.717, 1.165) is 31.2 Å². The van der Waals surface area contributed by atoms with E-state index in [1.807, 2.05) is 13.0 Å². The van der Waals surface area contributed by atoms with Crippen LogP contribution in [0.3, 0.4) is 0 Å². The van der Waals surface area contributed by atoms with Gasteiger partial charge >= 0.3 is 0 Å². The van der Waals surface area contributed by atoms with Crippen molar-refractivity contribution >= 4 is 0 Å². The molecule has 5 rings (SSSR count). The summed E-state index contributed by atoms with van der Waals surface area (Å²) in [6, 6.07) is 3.88. The van der Waals surface area contributed by atoms with E-state index in [-0.39, 0.29) is 17.3 Å². The molecule has 2 heterocycles. The smallest absolute Gasteiger partial charge is 0.199 e. The predicted octanol–water partition coefficient (Wildman–Crippen LogP) is 4.43. The van der Waals surface area contributed by atoms with Crippen molar-refractivity contribution in [1.29, 1.82) is 0 Å². The fraction of sp³-hybridized carbons (Fsp3) is 0.750. The number of phenolic OH excluding ortho intramolecular Hbond substituents is 1. The Kier molecular flexibility index (Phi) is 3.60. The lowest BCUT2D eigenvalue weighted by atomic mass is 9.55. The molecule has 7 unspecified atom stereocenters. The van der Waals surface area contributed by atoms with Crippen molar-refractivity contribution in [2.24, 2.45) is 23.2 Å². The third-order valence-corrected chi connectivity index (χ3v) is 9.42. The Bertz CT molecular complexity index is 847. The second kappa shape index (κ2) is 5.33.